The van der Waals surface area contributed by atoms with E-state index in [1.54, 1.807) is 0 Å². The number of hydrogen-bond donors (Lipinski definition) is 1. The van der Waals surface area contributed by atoms with E-state index in [2.05, 4.69) is 11.6 Å². The maximum atomic E-state index is 5.51. The van der Waals surface area contributed by atoms with Gasteiger partial charge in [0.15, 0.2) is 0 Å². The largest absolute Gasteiger partial charge is 0.387 e. The first-order valence-corrected chi connectivity index (χ1v) is 3.03. The number of allylic oxidation sites excluding steroid dienone is 1. The van der Waals surface area contributed by atoms with Crippen LogP contribution in [0, 0.1) is 5.92 Å². The highest BCUT2D eigenvalue weighted by molar-refractivity contribution is 5.82. The maximum Gasteiger partial charge on any atom is 0.102 e. The third kappa shape index (κ3) is 3.76. The van der Waals surface area contributed by atoms with Crippen LogP contribution in [0.15, 0.2) is 17.3 Å². The summed E-state index contributed by atoms with van der Waals surface area (Å²) in [6, 6.07) is 0. The van der Waals surface area contributed by atoms with E-state index >= 15 is 0 Å². The normalized spacial score (nSPS) is 12.2. The lowest BCUT2D eigenvalue weighted by Gasteiger charge is -2.01. The molecule has 0 spiro atoms. The molecule has 0 aliphatic carbocycles. The maximum absolute atomic E-state index is 5.51. The summed E-state index contributed by atoms with van der Waals surface area (Å²) in [5.74, 6) is 0.976. The van der Waals surface area contributed by atoms with E-state index in [0.717, 1.165) is 5.70 Å². The predicted molar refractivity (Wildman–Crippen MR) is 41.3 cm³/mol. The smallest absolute Gasteiger partial charge is 0.102 e. The van der Waals surface area contributed by atoms with Gasteiger partial charge in [-0.2, -0.15) is 0 Å². The molecule has 0 amide bonds. The second-order valence-electron chi connectivity index (χ2n) is 2.43. The number of amidine groups is 1. The fourth-order valence-electron chi connectivity index (χ4n) is 0.349. The highest BCUT2D eigenvalue weighted by Crippen LogP contribution is 1.95. The molecule has 9 heavy (non-hydrogen) atoms. The summed E-state index contributed by atoms with van der Waals surface area (Å²) in [5.41, 5.74) is 6.27. The van der Waals surface area contributed by atoms with Crippen LogP contribution in [0.1, 0.15) is 20.8 Å². The Morgan fingerprint density at radius 1 is 1.56 bits per heavy atom. The molecule has 0 saturated heterocycles. The Balaban J connectivity index is 4.00. The molecule has 0 aromatic rings. The third-order valence-corrected chi connectivity index (χ3v) is 0.911. The molecule has 0 aromatic carbocycles. The van der Waals surface area contributed by atoms with Gasteiger partial charge in [-0.3, -0.25) is 0 Å². The molecule has 0 aliphatic rings. The van der Waals surface area contributed by atoms with Crippen LogP contribution in [0.2, 0.25) is 0 Å². The van der Waals surface area contributed by atoms with Crippen LogP contribution in [-0.2, 0) is 0 Å². The van der Waals surface area contributed by atoms with E-state index in [-0.39, 0.29) is 0 Å². The number of aliphatic imine (C=N–C) groups is 1. The zero-order valence-electron chi connectivity index (χ0n) is 6.31. The average Bonchev–Trinajstić information content (AvgIpc) is 1.63. The standard InChI is InChI=1S/C7H14N2/c1-5(2)7(8)9-6(3)4/h5H,3H2,1-2,4H3,(H2,8,9). The van der Waals surface area contributed by atoms with Crippen molar-refractivity contribution in [1.82, 2.24) is 0 Å². The first kappa shape index (κ1) is 8.21. The fraction of sp³-hybridized carbons (Fsp3) is 0.571. The molecule has 2 N–H and O–H groups in total. The molecule has 0 aliphatic heterocycles. The minimum atomic E-state index is 0.321. The van der Waals surface area contributed by atoms with Crippen molar-refractivity contribution in [3.05, 3.63) is 12.3 Å². The van der Waals surface area contributed by atoms with Crippen molar-refractivity contribution in [3.8, 4) is 0 Å². The molecule has 0 bridgehead atoms. The highest BCUT2D eigenvalue weighted by atomic mass is 14.9. The van der Waals surface area contributed by atoms with Crippen LogP contribution in [0.5, 0.6) is 0 Å². The molecule has 0 saturated carbocycles. The first-order valence-electron chi connectivity index (χ1n) is 3.03. The summed E-state index contributed by atoms with van der Waals surface area (Å²) in [6.07, 6.45) is 0. The van der Waals surface area contributed by atoms with Gasteiger partial charge in [0.1, 0.15) is 5.84 Å². The SMILES string of the molecule is C=C(C)N=C(N)C(C)C. The molecule has 2 nitrogen and oxygen atoms in total. The van der Waals surface area contributed by atoms with Crippen LogP contribution in [0.3, 0.4) is 0 Å². The topological polar surface area (TPSA) is 38.4 Å². The van der Waals surface area contributed by atoms with Gasteiger partial charge < -0.3 is 5.73 Å². The van der Waals surface area contributed by atoms with Gasteiger partial charge in [-0.05, 0) is 6.92 Å². The van der Waals surface area contributed by atoms with Crippen LogP contribution in [0.25, 0.3) is 0 Å². The van der Waals surface area contributed by atoms with Gasteiger partial charge in [-0.25, -0.2) is 4.99 Å². The van der Waals surface area contributed by atoms with Gasteiger partial charge in [0.2, 0.25) is 0 Å². The van der Waals surface area contributed by atoms with E-state index in [0.29, 0.717) is 11.8 Å². The molecule has 0 radical (unpaired) electrons. The zero-order valence-corrected chi connectivity index (χ0v) is 6.31. The van der Waals surface area contributed by atoms with Crippen LogP contribution < -0.4 is 5.73 Å². The Kier molecular flexibility index (Phi) is 2.99. The molecule has 0 aromatic heterocycles. The monoisotopic (exact) mass is 126 g/mol. The van der Waals surface area contributed by atoms with Crippen molar-refractivity contribution in [2.45, 2.75) is 20.8 Å². The quantitative estimate of drug-likeness (QED) is 0.442. The van der Waals surface area contributed by atoms with Crippen molar-refractivity contribution >= 4 is 5.84 Å². The molecular weight excluding hydrogens is 112 g/mol. The van der Waals surface area contributed by atoms with Crippen LogP contribution in [0.4, 0.5) is 0 Å². The zero-order chi connectivity index (χ0) is 7.44. The van der Waals surface area contributed by atoms with Crippen molar-refractivity contribution in [3.63, 3.8) is 0 Å². The summed E-state index contributed by atoms with van der Waals surface area (Å²) in [5, 5.41) is 0. The molecule has 0 heterocycles. The number of hydrogen-bond acceptors (Lipinski definition) is 1. The summed E-state index contributed by atoms with van der Waals surface area (Å²) in [7, 11) is 0. The minimum Gasteiger partial charge on any atom is -0.387 e. The van der Waals surface area contributed by atoms with Crippen molar-refractivity contribution in [2.24, 2.45) is 16.6 Å². The Hall–Kier alpha value is -0.790. The Morgan fingerprint density at radius 3 is 2.11 bits per heavy atom. The highest BCUT2D eigenvalue weighted by Gasteiger charge is 1.96. The summed E-state index contributed by atoms with van der Waals surface area (Å²) in [4.78, 5) is 3.98. The molecule has 2 heteroatoms. The Bertz CT molecular complexity index is 134. The molecular formula is C7H14N2. The summed E-state index contributed by atoms with van der Waals surface area (Å²) < 4.78 is 0. The average molecular weight is 126 g/mol. The van der Waals surface area contributed by atoms with Crippen molar-refractivity contribution in [1.29, 1.82) is 0 Å². The van der Waals surface area contributed by atoms with Gasteiger partial charge in [-0.15, -0.1) is 0 Å². The summed E-state index contributed by atoms with van der Waals surface area (Å²) >= 11 is 0. The van der Waals surface area contributed by atoms with E-state index in [9.17, 15) is 0 Å². The van der Waals surface area contributed by atoms with Crippen molar-refractivity contribution < 1.29 is 0 Å². The number of nitrogens with two attached hydrogens (primary N) is 1. The van der Waals surface area contributed by atoms with E-state index < -0.39 is 0 Å². The lowest BCUT2D eigenvalue weighted by atomic mass is 10.2. The Labute approximate surface area is 56.5 Å². The van der Waals surface area contributed by atoms with Gasteiger partial charge in [0.05, 0.1) is 0 Å². The molecule has 0 rings (SSSR count). The van der Waals surface area contributed by atoms with E-state index in [1.165, 1.54) is 0 Å². The van der Waals surface area contributed by atoms with Gasteiger partial charge in [0.25, 0.3) is 0 Å². The van der Waals surface area contributed by atoms with Crippen molar-refractivity contribution in [2.75, 3.05) is 0 Å². The van der Waals surface area contributed by atoms with Gasteiger partial charge in [-0.1, -0.05) is 20.4 Å². The minimum absolute atomic E-state index is 0.321. The van der Waals surface area contributed by atoms with E-state index in [1.807, 2.05) is 20.8 Å². The lowest BCUT2D eigenvalue weighted by Crippen LogP contribution is -2.18. The second kappa shape index (κ2) is 3.28. The first-order chi connectivity index (χ1) is 4.04. The molecule has 52 valence electrons. The van der Waals surface area contributed by atoms with Crippen LogP contribution >= 0.6 is 0 Å². The Morgan fingerprint density at radius 2 is 2.00 bits per heavy atom. The van der Waals surface area contributed by atoms with Gasteiger partial charge in [0, 0.05) is 11.6 Å². The second-order valence-corrected chi connectivity index (χ2v) is 2.43. The third-order valence-electron chi connectivity index (χ3n) is 0.911. The molecule has 0 fully saturated rings. The van der Waals surface area contributed by atoms with E-state index in [4.69, 9.17) is 5.73 Å². The molecule has 0 unspecified atom stereocenters. The molecule has 0 atom stereocenters. The predicted octanol–water partition coefficient (Wildman–Crippen LogP) is 1.53. The van der Waals surface area contributed by atoms with Gasteiger partial charge >= 0.3 is 0 Å². The lowest BCUT2D eigenvalue weighted by molar-refractivity contribution is 0.869. The van der Waals surface area contributed by atoms with Crippen LogP contribution in [-0.4, -0.2) is 5.84 Å². The number of nitrogens with zero attached hydrogens (tertiary/aromatic N) is 1. The number of rotatable bonds is 2. The summed E-state index contributed by atoms with van der Waals surface area (Å²) in [6.45, 7) is 9.44. The fourth-order valence-corrected chi connectivity index (χ4v) is 0.349.